The van der Waals surface area contributed by atoms with Gasteiger partial charge in [-0.2, -0.15) is 0 Å². The first-order chi connectivity index (χ1) is 8.56. The minimum absolute atomic E-state index is 0.242. The molecule has 0 radical (unpaired) electrons. The highest BCUT2D eigenvalue weighted by molar-refractivity contribution is 5.85. The van der Waals surface area contributed by atoms with Crippen LogP contribution in [0, 0.1) is 0 Å². The molecule has 2 aromatic rings. The third kappa shape index (κ3) is 1.86. The van der Waals surface area contributed by atoms with Crippen LogP contribution in [-0.4, -0.2) is 22.0 Å². The maximum Gasteiger partial charge on any atom is 0.209 e. The number of nitrogens with two attached hydrogens (primary N) is 1. The van der Waals surface area contributed by atoms with Crippen molar-refractivity contribution in [3.8, 4) is 0 Å². The fourth-order valence-corrected chi connectivity index (χ4v) is 2.70. The highest BCUT2D eigenvalue weighted by Gasteiger charge is 2.32. The van der Waals surface area contributed by atoms with E-state index in [0.29, 0.717) is 5.69 Å². The summed E-state index contributed by atoms with van der Waals surface area (Å²) in [6, 6.07) is 5.66. The number of hydrogen-bond acceptors (Lipinski definition) is 4. The molecule has 0 unspecified atom stereocenters. The van der Waals surface area contributed by atoms with Gasteiger partial charge in [-0.25, -0.2) is 4.98 Å². The smallest absolute Gasteiger partial charge is 0.209 e. The first-order valence-corrected chi connectivity index (χ1v) is 6.45. The number of fused-ring (bicyclic) bond motifs is 1. The minimum atomic E-state index is 0.242. The molecule has 0 atom stereocenters. The first-order valence-electron chi connectivity index (χ1n) is 6.45. The zero-order chi connectivity index (χ0) is 12.8. The predicted molar refractivity (Wildman–Crippen MR) is 72.1 cm³/mol. The molecule has 2 N–H and O–H groups in total. The van der Waals surface area contributed by atoms with Crippen LogP contribution < -0.4 is 5.73 Å². The highest BCUT2D eigenvalue weighted by atomic mass is 16.3. The summed E-state index contributed by atoms with van der Waals surface area (Å²) in [5.74, 6) is 0.762. The van der Waals surface area contributed by atoms with Gasteiger partial charge >= 0.3 is 0 Å². The van der Waals surface area contributed by atoms with E-state index < -0.39 is 0 Å². The monoisotopic (exact) mass is 245 g/mol. The second-order valence-electron chi connectivity index (χ2n) is 5.64. The molecule has 0 bridgehead atoms. The largest absolute Gasteiger partial charge is 0.439 e. The summed E-state index contributed by atoms with van der Waals surface area (Å²) in [6.07, 6.45) is 2.48. The van der Waals surface area contributed by atoms with Crippen LogP contribution >= 0.6 is 0 Å². The molecule has 1 fully saturated rings. The number of hydrogen-bond donors (Lipinski definition) is 1. The number of nitrogen functional groups attached to an aromatic ring is 1. The Morgan fingerprint density at radius 2 is 2.28 bits per heavy atom. The highest BCUT2D eigenvalue weighted by Crippen LogP contribution is 2.30. The van der Waals surface area contributed by atoms with E-state index in [-0.39, 0.29) is 5.54 Å². The van der Waals surface area contributed by atoms with Crippen molar-refractivity contribution in [2.75, 3.05) is 12.3 Å². The van der Waals surface area contributed by atoms with Gasteiger partial charge in [0.25, 0.3) is 0 Å². The molecule has 18 heavy (non-hydrogen) atoms. The van der Waals surface area contributed by atoms with Crippen molar-refractivity contribution in [1.82, 2.24) is 9.88 Å². The third-order valence-corrected chi connectivity index (χ3v) is 3.89. The van der Waals surface area contributed by atoms with Crippen molar-refractivity contribution in [3.63, 3.8) is 0 Å². The molecule has 0 amide bonds. The molecule has 1 aromatic carbocycles. The zero-order valence-electron chi connectivity index (χ0n) is 10.9. The number of rotatable bonds is 2. The number of oxazole rings is 1. The van der Waals surface area contributed by atoms with E-state index in [1.165, 1.54) is 12.8 Å². The molecule has 0 aliphatic carbocycles. The molecule has 3 rings (SSSR count). The molecule has 4 nitrogen and oxygen atoms in total. The van der Waals surface area contributed by atoms with Crippen molar-refractivity contribution >= 4 is 16.8 Å². The number of likely N-dealkylation sites (tertiary alicyclic amines) is 1. The summed E-state index contributed by atoms with van der Waals surface area (Å²) >= 11 is 0. The predicted octanol–water partition coefficient (Wildman–Crippen LogP) is 2.78. The van der Waals surface area contributed by atoms with Crippen molar-refractivity contribution in [2.24, 2.45) is 0 Å². The summed E-state index contributed by atoms with van der Waals surface area (Å²) in [5, 5.41) is 0. The summed E-state index contributed by atoms with van der Waals surface area (Å²) in [5.41, 5.74) is 8.38. The summed E-state index contributed by atoms with van der Waals surface area (Å²) in [6.45, 7) is 6.43. The number of para-hydroxylation sites is 1. The summed E-state index contributed by atoms with van der Waals surface area (Å²) < 4.78 is 5.77. The van der Waals surface area contributed by atoms with Gasteiger partial charge in [0.1, 0.15) is 5.52 Å². The Balaban J connectivity index is 1.89. The van der Waals surface area contributed by atoms with Gasteiger partial charge in [0.05, 0.1) is 12.2 Å². The summed E-state index contributed by atoms with van der Waals surface area (Å²) in [4.78, 5) is 6.93. The normalized spacial score (nSPS) is 19.7. The number of benzene rings is 1. The summed E-state index contributed by atoms with van der Waals surface area (Å²) in [7, 11) is 0. The molecule has 0 spiro atoms. The lowest BCUT2D eigenvalue weighted by molar-refractivity contribution is 0.152. The van der Waals surface area contributed by atoms with Crippen molar-refractivity contribution in [3.05, 3.63) is 24.1 Å². The van der Waals surface area contributed by atoms with E-state index in [9.17, 15) is 0 Å². The Labute approximate surface area is 107 Å². The van der Waals surface area contributed by atoms with Crippen LogP contribution in [0.3, 0.4) is 0 Å². The van der Waals surface area contributed by atoms with E-state index in [1.807, 2.05) is 18.2 Å². The van der Waals surface area contributed by atoms with Gasteiger partial charge in [-0.05, 0) is 45.4 Å². The van der Waals surface area contributed by atoms with Gasteiger partial charge in [0, 0.05) is 5.54 Å². The maximum atomic E-state index is 5.89. The molecular weight excluding hydrogens is 226 g/mol. The van der Waals surface area contributed by atoms with E-state index in [0.717, 1.165) is 30.1 Å². The van der Waals surface area contributed by atoms with Gasteiger partial charge in [0.2, 0.25) is 5.89 Å². The molecule has 0 saturated carbocycles. The lowest BCUT2D eigenvalue weighted by atomic mass is 10.0. The van der Waals surface area contributed by atoms with Crippen LogP contribution in [0.25, 0.3) is 11.1 Å². The Morgan fingerprint density at radius 1 is 1.44 bits per heavy atom. The molecule has 1 saturated heterocycles. The lowest BCUT2D eigenvalue weighted by Crippen LogP contribution is -2.37. The molecule has 1 aromatic heterocycles. The Hall–Kier alpha value is -1.55. The Kier molecular flexibility index (Phi) is 2.55. The molecule has 2 heterocycles. The molecular formula is C14H19N3O. The molecule has 4 heteroatoms. The topological polar surface area (TPSA) is 55.3 Å². The average molecular weight is 245 g/mol. The SMILES string of the molecule is CC1(C)CCCN1Cc1nc2c(N)cccc2o1. The fourth-order valence-electron chi connectivity index (χ4n) is 2.70. The van der Waals surface area contributed by atoms with Gasteiger partial charge in [-0.1, -0.05) is 6.07 Å². The van der Waals surface area contributed by atoms with Crippen LogP contribution in [0.2, 0.25) is 0 Å². The van der Waals surface area contributed by atoms with Gasteiger partial charge in [0.15, 0.2) is 5.58 Å². The second kappa shape index (κ2) is 3.99. The Morgan fingerprint density at radius 3 is 2.94 bits per heavy atom. The quantitative estimate of drug-likeness (QED) is 0.827. The number of nitrogens with zero attached hydrogens (tertiary/aromatic N) is 2. The van der Waals surface area contributed by atoms with E-state index in [4.69, 9.17) is 10.2 Å². The minimum Gasteiger partial charge on any atom is -0.439 e. The van der Waals surface area contributed by atoms with E-state index >= 15 is 0 Å². The second-order valence-corrected chi connectivity index (χ2v) is 5.64. The van der Waals surface area contributed by atoms with Gasteiger partial charge in [-0.3, -0.25) is 4.90 Å². The van der Waals surface area contributed by atoms with Crippen molar-refractivity contribution in [1.29, 1.82) is 0 Å². The van der Waals surface area contributed by atoms with Crippen molar-refractivity contribution in [2.45, 2.75) is 38.8 Å². The van der Waals surface area contributed by atoms with Crippen LogP contribution in [0.5, 0.6) is 0 Å². The average Bonchev–Trinajstić information content (AvgIpc) is 2.84. The molecule has 96 valence electrons. The molecule has 1 aliphatic rings. The van der Waals surface area contributed by atoms with Gasteiger partial charge < -0.3 is 10.2 Å². The van der Waals surface area contributed by atoms with Crippen LogP contribution in [0.15, 0.2) is 22.6 Å². The standard InChI is InChI=1S/C14H19N3O/c1-14(2)7-4-8-17(14)9-12-16-13-10(15)5-3-6-11(13)18-12/h3,5-6H,4,7-9,15H2,1-2H3. The van der Waals surface area contributed by atoms with Crippen LogP contribution in [0.4, 0.5) is 5.69 Å². The van der Waals surface area contributed by atoms with Crippen LogP contribution in [-0.2, 0) is 6.54 Å². The van der Waals surface area contributed by atoms with E-state index in [2.05, 4.69) is 23.7 Å². The zero-order valence-corrected chi connectivity index (χ0v) is 10.9. The van der Waals surface area contributed by atoms with Gasteiger partial charge in [-0.15, -0.1) is 0 Å². The lowest BCUT2D eigenvalue weighted by Gasteiger charge is -2.30. The van der Waals surface area contributed by atoms with Crippen LogP contribution in [0.1, 0.15) is 32.6 Å². The fraction of sp³-hybridized carbons (Fsp3) is 0.500. The Bertz CT molecular complexity index is 573. The first kappa shape index (κ1) is 11.5. The third-order valence-electron chi connectivity index (χ3n) is 3.89. The number of anilines is 1. The number of aromatic nitrogens is 1. The van der Waals surface area contributed by atoms with E-state index in [1.54, 1.807) is 0 Å². The van der Waals surface area contributed by atoms with Crippen molar-refractivity contribution < 1.29 is 4.42 Å². The maximum absolute atomic E-state index is 5.89. The molecule has 1 aliphatic heterocycles.